The highest BCUT2D eigenvalue weighted by Crippen LogP contribution is 2.76. The molecule has 0 aromatic carbocycles. The highest BCUT2D eigenvalue weighted by molar-refractivity contribution is 5.18. The van der Waals surface area contributed by atoms with Crippen LogP contribution in [0.2, 0.25) is 0 Å². The molecule has 0 amide bonds. The molecule has 0 radical (unpaired) electrons. The van der Waals surface area contributed by atoms with Crippen LogP contribution in [0.3, 0.4) is 0 Å². The van der Waals surface area contributed by atoms with Crippen molar-refractivity contribution in [3.8, 4) is 0 Å². The summed E-state index contributed by atoms with van der Waals surface area (Å²) >= 11 is 0. The van der Waals surface area contributed by atoms with Crippen LogP contribution in [-0.4, -0.2) is 22.9 Å². The number of hydrogen-bond donors (Lipinski definition) is 2. The fourth-order valence-electron chi connectivity index (χ4n) is 11.0. The van der Waals surface area contributed by atoms with E-state index in [1.54, 1.807) is 0 Å². The van der Waals surface area contributed by atoms with Gasteiger partial charge in [-0.25, -0.2) is 0 Å². The van der Waals surface area contributed by atoms with Crippen LogP contribution < -0.4 is 0 Å². The van der Waals surface area contributed by atoms with E-state index in [0.29, 0.717) is 28.8 Å². The number of rotatable bonds is 1. The van der Waals surface area contributed by atoms with Crippen molar-refractivity contribution in [2.45, 2.75) is 111 Å². The second-order valence-electron chi connectivity index (χ2n) is 13.6. The Labute approximate surface area is 179 Å². The molecule has 5 aliphatic carbocycles. The zero-order valence-electron chi connectivity index (χ0n) is 19.8. The number of aliphatic hydroxyl groups excluding tert-OH is 2. The van der Waals surface area contributed by atoms with Crippen molar-refractivity contribution < 1.29 is 10.2 Å². The molecule has 5 rings (SSSR count). The topological polar surface area (TPSA) is 40.5 Å². The van der Waals surface area contributed by atoms with Gasteiger partial charge in [0.2, 0.25) is 0 Å². The Morgan fingerprint density at radius 3 is 2.17 bits per heavy atom. The quantitative estimate of drug-likeness (QED) is 0.548. The van der Waals surface area contributed by atoms with Gasteiger partial charge in [-0.15, -0.1) is 0 Å². The third-order valence-electron chi connectivity index (χ3n) is 12.8. The summed E-state index contributed by atoms with van der Waals surface area (Å²) in [4.78, 5) is 0. The Morgan fingerprint density at radius 2 is 1.45 bits per heavy atom. The average Bonchev–Trinajstić information content (AvgIpc) is 3.10. The second kappa shape index (κ2) is 6.25. The fourth-order valence-corrected chi connectivity index (χ4v) is 11.0. The van der Waals surface area contributed by atoms with E-state index in [1.807, 2.05) is 0 Å². The predicted octanol–water partition coefficient (Wildman–Crippen LogP) is 6.20. The first kappa shape index (κ1) is 20.8. The van der Waals surface area contributed by atoms with Crippen LogP contribution >= 0.6 is 0 Å². The van der Waals surface area contributed by atoms with Crippen molar-refractivity contribution in [2.75, 3.05) is 6.61 Å². The SMILES string of the molecule is CC1(C)C2CC[C@]3(C)C(CCC4C5CCCC5(CO)CC[C@]43C)[C@@]2(C)CC[C@@H]1O. The third-order valence-corrected chi connectivity index (χ3v) is 12.8. The van der Waals surface area contributed by atoms with Crippen LogP contribution in [-0.2, 0) is 0 Å². The van der Waals surface area contributed by atoms with Crippen molar-refractivity contribution in [2.24, 2.45) is 50.7 Å². The van der Waals surface area contributed by atoms with Gasteiger partial charge in [-0.1, -0.05) is 41.0 Å². The zero-order chi connectivity index (χ0) is 20.9. The molecule has 2 N–H and O–H groups in total. The smallest absolute Gasteiger partial charge is 0.0594 e. The van der Waals surface area contributed by atoms with Gasteiger partial charge in [0.1, 0.15) is 0 Å². The van der Waals surface area contributed by atoms with E-state index in [4.69, 9.17) is 0 Å². The summed E-state index contributed by atoms with van der Waals surface area (Å²) in [5, 5.41) is 21.2. The van der Waals surface area contributed by atoms with Gasteiger partial charge in [-0.3, -0.25) is 0 Å². The molecular formula is C27H46O2. The van der Waals surface area contributed by atoms with Crippen LogP contribution in [0.25, 0.3) is 0 Å². The normalized spacial score (nSPS) is 58.7. The lowest BCUT2D eigenvalue weighted by Crippen LogP contribution is -2.66. The summed E-state index contributed by atoms with van der Waals surface area (Å²) in [6, 6.07) is 0. The molecule has 29 heavy (non-hydrogen) atoms. The first-order chi connectivity index (χ1) is 13.6. The Kier molecular flexibility index (Phi) is 4.48. The summed E-state index contributed by atoms with van der Waals surface area (Å²) in [6.45, 7) is 13.1. The molecule has 2 nitrogen and oxygen atoms in total. The predicted molar refractivity (Wildman–Crippen MR) is 118 cm³/mol. The van der Waals surface area contributed by atoms with Crippen molar-refractivity contribution in [3.05, 3.63) is 0 Å². The largest absolute Gasteiger partial charge is 0.396 e. The van der Waals surface area contributed by atoms with Gasteiger partial charge >= 0.3 is 0 Å². The maximum absolute atomic E-state index is 10.8. The van der Waals surface area contributed by atoms with Gasteiger partial charge in [-0.05, 0) is 115 Å². The van der Waals surface area contributed by atoms with Crippen LogP contribution in [0.4, 0.5) is 0 Å². The van der Waals surface area contributed by atoms with E-state index in [9.17, 15) is 10.2 Å². The molecule has 9 atom stereocenters. The number of hydrogen-bond acceptors (Lipinski definition) is 2. The minimum atomic E-state index is -0.129. The van der Waals surface area contributed by atoms with Gasteiger partial charge in [0, 0.05) is 6.61 Å². The van der Waals surface area contributed by atoms with E-state index < -0.39 is 0 Å². The lowest BCUT2D eigenvalue weighted by Gasteiger charge is -2.72. The first-order valence-corrected chi connectivity index (χ1v) is 12.8. The maximum Gasteiger partial charge on any atom is 0.0594 e. The van der Waals surface area contributed by atoms with Gasteiger partial charge in [0.15, 0.2) is 0 Å². The molecular weight excluding hydrogens is 356 g/mol. The highest BCUT2D eigenvalue weighted by Gasteiger charge is 2.69. The monoisotopic (exact) mass is 402 g/mol. The zero-order valence-corrected chi connectivity index (χ0v) is 19.8. The minimum Gasteiger partial charge on any atom is -0.396 e. The number of fused-ring (bicyclic) bond motifs is 7. The van der Waals surface area contributed by atoms with Crippen molar-refractivity contribution in [3.63, 3.8) is 0 Å². The summed E-state index contributed by atoms with van der Waals surface area (Å²) in [5.41, 5.74) is 1.54. The van der Waals surface area contributed by atoms with Crippen molar-refractivity contribution in [1.29, 1.82) is 0 Å². The molecule has 0 bridgehead atoms. The van der Waals surface area contributed by atoms with Crippen LogP contribution in [0.1, 0.15) is 105 Å². The summed E-state index contributed by atoms with van der Waals surface area (Å²) in [7, 11) is 0. The van der Waals surface area contributed by atoms with E-state index >= 15 is 0 Å². The molecule has 0 spiro atoms. The van der Waals surface area contributed by atoms with Gasteiger partial charge in [0.05, 0.1) is 6.10 Å². The summed E-state index contributed by atoms with van der Waals surface area (Å²) in [5.74, 6) is 3.03. The second-order valence-corrected chi connectivity index (χ2v) is 13.6. The maximum atomic E-state index is 10.8. The molecule has 0 saturated heterocycles. The Morgan fingerprint density at radius 1 is 0.690 bits per heavy atom. The molecule has 5 unspecified atom stereocenters. The molecule has 5 fully saturated rings. The average molecular weight is 403 g/mol. The highest BCUT2D eigenvalue weighted by atomic mass is 16.3. The first-order valence-electron chi connectivity index (χ1n) is 12.8. The molecule has 0 heterocycles. The molecule has 2 heteroatoms. The van der Waals surface area contributed by atoms with Crippen LogP contribution in [0.5, 0.6) is 0 Å². The standard InChI is InChI=1S/C27H46O2/c1-23(2)20-10-14-26(5)21(24(20,3)13-11-22(23)29)9-8-18-19-7-6-12-27(19,17-28)16-15-25(18,26)4/h18-22,28-29H,6-17H2,1-5H3/t18?,19?,20?,21?,22-,24-,25+,26+,27?/m0/s1. The lowest BCUT2D eigenvalue weighted by molar-refractivity contribution is -0.247. The Balaban J connectivity index is 1.53. The van der Waals surface area contributed by atoms with Crippen LogP contribution in [0, 0.1) is 50.7 Å². The summed E-state index contributed by atoms with van der Waals surface area (Å²) in [6.07, 6.45) is 14.0. The molecule has 5 aliphatic rings. The minimum absolute atomic E-state index is 0.0517. The molecule has 0 aromatic rings. The lowest BCUT2D eigenvalue weighted by atomic mass is 9.32. The fraction of sp³-hybridized carbons (Fsp3) is 1.00. The Hall–Kier alpha value is -0.0800. The van der Waals surface area contributed by atoms with Gasteiger partial charge < -0.3 is 10.2 Å². The Bertz CT molecular complexity index is 671. The van der Waals surface area contributed by atoms with Crippen molar-refractivity contribution in [1.82, 2.24) is 0 Å². The van der Waals surface area contributed by atoms with E-state index in [0.717, 1.165) is 24.2 Å². The van der Waals surface area contributed by atoms with Crippen molar-refractivity contribution >= 4 is 0 Å². The van der Waals surface area contributed by atoms with E-state index in [1.165, 1.54) is 64.2 Å². The summed E-state index contributed by atoms with van der Waals surface area (Å²) < 4.78 is 0. The molecule has 5 saturated carbocycles. The molecule has 0 aliphatic heterocycles. The van der Waals surface area contributed by atoms with Crippen LogP contribution in [0.15, 0.2) is 0 Å². The molecule has 0 aromatic heterocycles. The number of aliphatic hydroxyl groups is 2. The van der Waals surface area contributed by atoms with E-state index in [2.05, 4.69) is 34.6 Å². The van der Waals surface area contributed by atoms with Gasteiger partial charge in [-0.2, -0.15) is 0 Å². The third kappa shape index (κ3) is 2.37. The van der Waals surface area contributed by atoms with Gasteiger partial charge in [0.25, 0.3) is 0 Å². The van der Waals surface area contributed by atoms with E-state index in [-0.39, 0.29) is 16.9 Å². The molecule has 166 valence electrons.